The first-order valence-electron chi connectivity index (χ1n) is 5.26. The van der Waals surface area contributed by atoms with E-state index in [-0.39, 0.29) is 17.7 Å². The monoisotopic (exact) mass is 304 g/mol. The molecule has 0 aliphatic carbocycles. The molecule has 6 nitrogen and oxygen atoms in total. The van der Waals surface area contributed by atoms with Gasteiger partial charge in [-0.25, -0.2) is 25.9 Å². The molecule has 1 saturated heterocycles. The molecule has 1 heterocycles. The number of piperidine rings is 1. The molecule has 0 atom stereocenters. The van der Waals surface area contributed by atoms with E-state index in [4.69, 9.17) is 11.6 Å². The van der Waals surface area contributed by atoms with E-state index in [0.717, 1.165) is 6.26 Å². The molecule has 1 fully saturated rings. The molecule has 0 spiro atoms. The van der Waals surface area contributed by atoms with Crippen molar-refractivity contribution in [2.75, 3.05) is 31.0 Å². The fraction of sp³-hybridized carbons (Fsp3) is 1.00. The van der Waals surface area contributed by atoms with Gasteiger partial charge in [0.05, 0.1) is 12.0 Å². The van der Waals surface area contributed by atoms with Crippen LogP contribution in [0.25, 0.3) is 0 Å². The lowest BCUT2D eigenvalue weighted by molar-refractivity contribution is 0.310. The van der Waals surface area contributed by atoms with Crippen LogP contribution in [0.1, 0.15) is 12.8 Å². The Morgan fingerprint density at radius 3 is 2.18 bits per heavy atom. The number of nitrogens with zero attached hydrogens (tertiary/aromatic N) is 1. The van der Waals surface area contributed by atoms with Gasteiger partial charge in [-0.2, -0.15) is 0 Å². The highest BCUT2D eigenvalue weighted by Gasteiger charge is 2.27. The molecule has 17 heavy (non-hydrogen) atoms. The molecule has 1 aliphatic rings. The van der Waals surface area contributed by atoms with Crippen LogP contribution in [0, 0.1) is 0 Å². The summed E-state index contributed by atoms with van der Waals surface area (Å²) in [5.74, 6) is -0.0572. The molecule has 0 aromatic rings. The second-order valence-corrected chi connectivity index (χ2v) is 8.30. The minimum absolute atomic E-state index is 0.0531. The van der Waals surface area contributed by atoms with E-state index in [9.17, 15) is 16.8 Å². The van der Waals surface area contributed by atoms with E-state index in [0.29, 0.717) is 25.9 Å². The molecule has 0 saturated carbocycles. The van der Waals surface area contributed by atoms with Gasteiger partial charge in [-0.15, -0.1) is 11.6 Å². The molecule has 1 rings (SSSR count). The SMILES string of the molecule is CS(=O)(=O)N1CCC(NS(=O)(=O)CCCl)CC1. The molecule has 1 N–H and O–H groups in total. The van der Waals surface area contributed by atoms with Crippen molar-refractivity contribution < 1.29 is 16.8 Å². The molecule has 0 unspecified atom stereocenters. The lowest BCUT2D eigenvalue weighted by Crippen LogP contribution is -2.46. The van der Waals surface area contributed by atoms with E-state index in [2.05, 4.69) is 4.72 Å². The highest BCUT2D eigenvalue weighted by molar-refractivity contribution is 7.89. The maximum atomic E-state index is 11.4. The van der Waals surface area contributed by atoms with Crippen molar-refractivity contribution in [3.05, 3.63) is 0 Å². The van der Waals surface area contributed by atoms with Gasteiger partial charge in [0.25, 0.3) is 0 Å². The van der Waals surface area contributed by atoms with Crippen molar-refractivity contribution in [3.63, 3.8) is 0 Å². The largest absolute Gasteiger partial charge is 0.213 e. The number of alkyl halides is 1. The van der Waals surface area contributed by atoms with E-state index >= 15 is 0 Å². The first-order valence-corrected chi connectivity index (χ1v) is 9.29. The zero-order chi connectivity index (χ0) is 13.1. The van der Waals surface area contributed by atoms with Crippen LogP contribution in [0.15, 0.2) is 0 Å². The van der Waals surface area contributed by atoms with Gasteiger partial charge >= 0.3 is 0 Å². The molecule has 0 aromatic carbocycles. The van der Waals surface area contributed by atoms with Gasteiger partial charge in [0.2, 0.25) is 20.0 Å². The van der Waals surface area contributed by atoms with Crippen LogP contribution in [0.3, 0.4) is 0 Å². The van der Waals surface area contributed by atoms with Crippen LogP contribution in [0.2, 0.25) is 0 Å². The average molecular weight is 305 g/mol. The molecule has 0 bridgehead atoms. The second kappa shape index (κ2) is 5.83. The molecule has 0 aromatic heterocycles. The summed E-state index contributed by atoms with van der Waals surface area (Å²) in [5.41, 5.74) is 0. The van der Waals surface area contributed by atoms with E-state index in [1.54, 1.807) is 0 Å². The van der Waals surface area contributed by atoms with Crippen LogP contribution < -0.4 is 4.72 Å². The summed E-state index contributed by atoms with van der Waals surface area (Å²) >= 11 is 5.38. The Morgan fingerprint density at radius 1 is 1.24 bits per heavy atom. The van der Waals surface area contributed by atoms with Crippen molar-refractivity contribution in [2.24, 2.45) is 0 Å². The maximum absolute atomic E-state index is 11.4. The Labute approximate surface area is 107 Å². The van der Waals surface area contributed by atoms with Gasteiger partial charge in [0.15, 0.2) is 0 Å². The number of nitrogens with one attached hydrogen (secondary N) is 1. The van der Waals surface area contributed by atoms with Gasteiger partial charge in [-0.3, -0.25) is 0 Å². The molecule has 0 radical (unpaired) electrons. The van der Waals surface area contributed by atoms with E-state index < -0.39 is 20.0 Å². The maximum Gasteiger partial charge on any atom is 0.213 e. The van der Waals surface area contributed by atoms with Gasteiger partial charge in [-0.05, 0) is 12.8 Å². The number of halogens is 1. The highest BCUT2D eigenvalue weighted by Crippen LogP contribution is 2.13. The summed E-state index contributed by atoms with van der Waals surface area (Å²) in [6, 6.07) is -0.193. The molecule has 9 heteroatoms. The minimum Gasteiger partial charge on any atom is -0.213 e. The summed E-state index contributed by atoms with van der Waals surface area (Å²) in [6.07, 6.45) is 2.15. The predicted octanol–water partition coefficient (Wildman–Crippen LogP) is -0.431. The highest BCUT2D eigenvalue weighted by atomic mass is 35.5. The zero-order valence-corrected chi connectivity index (χ0v) is 12.0. The zero-order valence-electron chi connectivity index (χ0n) is 9.59. The van der Waals surface area contributed by atoms with E-state index in [1.807, 2.05) is 0 Å². The molecule has 1 aliphatic heterocycles. The fourth-order valence-electron chi connectivity index (χ4n) is 1.72. The fourth-order valence-corrected chi connectivity index (χ4v) is 4.27. The first-order chi connectivity index (χ1) is 7.74. The van der Waals surface area contributed by atoms with Gasteiger partial charge in [-0.1, -0.05) is 0 Å². The van der Waals surface area contributed by atoms with Crippen LogP contribution in [0.4, 0.5) is 0 Å². The smallest absolute Gasteiger partial charge is 0.213 e. The van der Waals surface area contributed by atoms with Crippen LogP contribution in [-0.2, 0) is 20.0 Å². The normalized spacial score (nSPS) is 20.6. The topological polar surface area (TPSA) is 83.6 Å². The Bertz CT molecular complexity index is 440. The number of hydrogen-bond acceptors (Lipinski definition) is 4. The van der Waals surface area contributed by atoms with Crippen molar-refractivity contribution in [3.8, 4) is 0 Å². The van der Waals surface area contributed by atoms with Crippen molar-refractivity contribution in [2.45, 2.75) is 18.9 Å². The van der Waals surface area contributed by atoms with Gasteiger partial charge in [0, 0.05) is 25.0 Å². The summed E-state index contributed by atoms with van der Waals surface area (Å²) < 4.78 is 49.3. The summed E-state index contributed by atoms with van der Waals surface area (Å²) in [4.78, 5) is 0. The van der Waals surface area contributed by atoms with Crippen molar-refractivity contribution >= 4 is 31.6 Å². The number of rotatable bonds is 5. The second-order valence-electron chi connectivity index (χ2n) is 4.06. The van der Waals surface area contributed by atoms with Crippen molar-refractivity contribution in [1.29, 1.82) is 0 Å². The Hall–Kier alpha value is 0.110. The average Bonchev–Trinajstić information content (AvgIpc) is 2.16. The van der Waals surface area contributed by atoms with Crippen LogP contribution >= 0.6 is 11.6 Å². The Balaban J connectivity index is 2.48. The Kier molecular flexibility index (Phi) is 5.21. The first kappa shape index (κ1) is 15.2. The predicted molar refractivity (Wildman–Crippen MR) is 67.1 cm³/mol. The lowest BCUT2D eigenvalue weighted by atomic mass is 10.1. The number of sulfonamides is 2. The molecule has 0 amide bonds. The van der Waals surface area contributed by atoms with Gasteiger partial charge in [0.1, 0.15) is 0 Å². The standard InChI is InChI=1S/C8H17ClN2O4S2/c1-16(12,13)11-5-2-8(3-6-11)10-17(14,15)7-4-9/h8,10H,2-7H2,1H3. The minimum atomic E-state index is -3.33. The van der Waals surface area contributed by atoms with Crippen molar-refractivity contribution in [1.82, 2.24) is 9.03 Å². The summed E-state index contributed by atoms with van der Waals surface area (Å²) in [5, 5.41) is 0. The third-order valence-electron chi connectivity index (χ3n) is 2.62. The summed E-state index contributed by atoms with van der Waals surface area (Å²) in [6.45, 7) is 0.708. The molecular weight excluding hydrogens is 288 g/mol. The van der Waals surface area contributed by atoms with Gasteiger partial charge < -0.3 is 0 Å². The third-order valence-corrected chi connectivity index (χ3v) is 5.77. The number of hydrogen-bond donors (Lipinski definition) is 1. The van der Waals surface area contributed by atoms with Crippen LogP contribution in [-0.4, -0.2) is 58.2 Å². The molecule has 102 valence electrons. The van der Waals surface area contributed by atoms with Crippen LogP contribution in [0.5, 0.6) is 0 Å². The molecular formula is C8H17ClN2O4S2. The lowest BCUT2D eigenvalue weighted by Gasteiger charge is -2.30. The third kappa shape index (κ3) is 5.09. The van der Waals surface area contributed by atoms with E-state index in [1.165, 1.54) is 4.31 Å². The quantitative estimate of drug-likeness (QED) is 0.699. The summed E-state index contributed by atoms with van der Waals surface area (Å²) in [7, 11) is -6.50. The Morgan fingerprint density at radius 2 is 1.76 bits per heavy atom.